The number of hydrogen-bond acceptors (Lipinski definition) is 1. The molecular formula is C13H14N2. The third-order valence-corrected chi connectivity index (χ3v) is 2.24. The van der Waals surface area contributed by atoms with E-state index in [9.17, 15) is 0 Å². The van der Waals surface area contributed by atoms with Crippen molar-refractivity contribution in [2.75, 3.05) is 0 Å². The summed E-state index contributed by atoms with van der Waals surface area (Å²) in [7, 11) is 0. The number of aromatic nitrogens is 2. The molecule has 2 nitrogen and oxygen atoms in total. The summed E-state index contributed by atoms with van der Waals surface area (Å²) < 4.78 is 1.95. The van der Waals surface area contributed by atoms with Crippen LogP contribution in [0.1, 0.15) is 18.3 Å². The van der Waals surface area contributed by atoms with Gasteiger partial charge in [-0.2, -0.15) is 5.10 Å². The van der Waals surface area contributed by atoms with Crippen molar-refractivity contribution in [1.29, 1.82) is 0 Å². The van der Waals surface area contributed by atoms with Gasteiger partial charge in [-0.3, -0.25) is 0 Å². The van der Waals surface area contributed by atoms with E-state index in [4.69, 9.17) is 0 Å². The Morgan fingerprint density at radius 3 is 2.60 bits per heavy atom. The summed E-state index contributed by atoms with van der Waals surface area (Å²) in [5.41, 5.74) is 3.25. The van der Waals surface area contributed by atoms with Crippen LogP contribution in [0.4, 0.5) is 0 Å². The standard InChI is InChI=1S/C13H14N2/c1-3-7-12-10-11(2)15(14-12)13-8-5-4-6-9-13/h3-10H,1-2H3/b7-3+. The second kappa shape index (κ2) is 4.13. The second-order valence-corrected chi connectivity index (χ2v) is 3.46. The number of hydrogen-bond donors (Lipinski definition) is 0. The summed E-state index contributed by atoms with van der Waals surface area (Å²) in [6.07, 6.45) is 4.00. The van der Waals surface area contributed by atoms with E-state index in [1.165, 1.54) is 0 Å². The first kappa shape index (κ1) is 9.71. The molecule has 0 amide bonds. The van der Waals surface area contributed by atoms with Crippen LogP contribution in [0.25, 0.3) is 11.8 Å². The fraction of sp³-hybridized carbons (Fsp3) is 0.154. The highest BCUT2D eigenvalue weighted by Gasteiger charge is 2.02. The lowest BCUT2D eigenvalue weighted by molar-refractivity contribution is 0.843. The number of allylic oxidation sites excluding steroid dienone is 1. The Balaban J connectivity index is 2.45. The number of para-hydroxylation sites is 1. The molecule has 1 aromatic carbocycles. The lowest BCUT2D eigenvalue weighted by atomic mass is 10.3. The van der Waals surface area contributed by atoms with Crippen molar-refractivity contribution < 1.29 is 0 Å². The highest BCUT2D eigenvalue weighted by molar-refractivity contribution is 5.46. The highest BCUT2D eigenvalue weighted by Crippen LogP contribution is 2.12. The van der Waals surface area contributed by atoms with Gasteiger partial charge in [0.25, 0.3) is 0 Å². The van der Waals surface area contributed by atoms with Crippen molar-refractivity contribution in [2.24, 2.45) is 0 Å². The normalized spacial score (nSPS) is 11.1. The van der Waals surface area contributed by atoms with Crippen LogP contribution in [0.15, 0.2) is 42.5 Å². The van der Waals surface area contributed by atoms with E-state index in [1.807, 2.05) is 42.0 Å². The fourth-order valence-corrected chi connectivity index (χ4v) is 1.58. The molecule has 1 aromatic heterocycles. The molecule has 0 N–H and O–H groups in total. The van der Waals surface area contributed by atoms with Crippen LogP contribution in [0, 0.1) is 6.92 Å². The Bertz CT molecular complexity index is 467. The smallest absolute Gasteiger partial charge is 0.0854 e. The van der Waals surface area contributed by atoms with Gasteiger partial charge >= 0.3 is 0 Å². The van der Waals surface area contributed by atoms with Crippen molar-refractivity contribution in [3.8, 4) is 5.69 Å². The van der Waals surface area contributed by atoms with E-state index in [0.29, 0.717) is 0 Å². The van der Waals surface area contributed by atoms with Gasteiger partial charge in [-0.25, -0.2) is 4.68 Å². The largest absolute Gasteiger partial charge is 0.238 e. The summed E-state index contributed by atoms with van der Waals surface area (Å²) in [5.74, 6) is 0. The fourth-order valence-electron chi connectivity index (χ4n) is 1.58. The van der Waals surface area contributed by atoms with Crippen LogP contribution < -0.4 is 0 Å². The van der Waals surface area contributed by atoms with E-state index in [-0.39, 0.29) is 0 Å². The molecule has 0 aliphatic rings. The van der Waals surface area contributed by atoms with Crippen LogP contribution in [-0.2, 0) is 0 Å². The van der Waals surface area contributed by atoms with Gasteiger partial charge in [-0.1, -0.05) is 24.3 Å². The minimum absolute atomic E-state index is 0.999. The van der Waals surface area contributed by atoms with E-state index in [0.717, 1.165) is 17.1 Å². The summed E-state index contributed by atoms with van der Waals surface area (Å²) >= 11 is 0. The van der Waals surface area contributed by atoms with Crippen LogP contribution in [0.5, 0.6) is 0 Å². The quantitative estimate of drug-likeness (QED) is 0.724. The zero-order valence-electron chi connectivity index (χ0n) is 9.01. The summed E-state index contributed by atoms with van der Waals surface area (Å²) in [5, 5.41) is 4.50. The van der Waals surface area contributed by atoms with E-state index in [1.54, 1.807) is 0 Å². The third-order valence-electron chi connectivity index (χ3n) is 2.24. The maximum Gasteiger partial charge on any atom is 0.0854 e. The minimum Gasteiger partial charge on any atom is -0.238 e. The zero-order valence-corrected chi connectivity index (χ0v) is 9.01. The van der Waals surface area contributed by atoms with Gasteiger partial charge in [0.15, 0.2) is 0 Å². The topological polar surface area (TPSA) is 17.8 Å². The van der Waals surface area contributed by atoms with E-state index >= 15 is 0 Å². The predicted molar refractivity (Wildman–Crippen MR) is 63.0 cm³/mol. The first-order valence-corrected chi connectivity index (χ1v) is 5.06. The Kier molecular flexibility index (Phi) is 2.68. The molecule has 0 saturated carbocycles. The molecule has 0 aliphatic heterocycles. The molecule has 0 bridgehead atoms. The number of nitrogens with zero attached hydrogens (tertiary/aromatic N) is 2. The maximum atomic E-state index is 4.50. The molecule has 1 heterocycles. The highest BCUT2D eigenvalue weighted by atomic mass is 15.3. The lowest BCUT2D eigenvalue weighted by Gasteiger charge is -2.02. The molecule has 0 saturated heterocycles. The first-order chi connectivity index (χ1) is 7.31. The van der Waals surface area contributed by atoms with Gasteiger partial charge in [-0.05, 0) is 38.1 Å². The summed E-state index contributed by atoms with van der Waals surface area (Å²) in [6.45, 7) is 4.06. The summed E-state index contributed by atoms with van der Waals surface area (Å²) in [4.78, 5) is 0. The van der Waals surface area contributed by atoms with E-state index < -0.39 is 0 Å². The van der Waals surface area contributed by atoms with Crippen LogP contribution in [-0.4, -0.2) is 9.78 Å². The average molecular weight is 198 g/mol. The van der Waals surface area contributed by atoms with Gasteiger partial charge in [0.05, 0.1) is 11.4 Å². The average Bonchev–Trinajstić information content (AvgIpc) is 2.61. The molecule has 0 aliphatic carbocycles. The Hall–Kier alpha value is -1.83. The molecule has 15 heavy (non-hydrogen) atoms. The number of rotatable bonds is 2. The maximum absolute atomic E-state index is 4.50. The first-order valence-electron chi connectivity index (χ1n) is 5.06. The van der Waals surface area contributed by atoms with Crippen LogP contribution in [0.2, 0.25) is 0 Å². The SMILES string of the molecule is C/C=C/c1cc(C)n(-c2ccccc2)n1. The Morgan fingerprint density at radius 1 is 1.20 bits per heavy atom. The monoisotopic (exact) mass is 198 g/mol. The predicted octanol–water partition coefficient (Wildman–Crippen LogP) is 3.21. The molecule has 0 unspecified atom stereocenters. The molecular weight excluding hydrogens is 184 g/mol. The van der Waals surface area contributed by atoms with Gasteiger partial charge in [0.1, 0.15) is 0 Å². The molecule has 2 heteroatoms. The zero-order chi connectivity index (χ0) is 10.7. The Morgan fingerprint density at radius 2 is 1.93 bits per heavy atom. The number of aryl methyl sites for hydroxylation is 1. The van der Waals surface area contributed by atoms with Crippen LogP contribution in [0.3, 0.4) is 0 Å². The van der Waals surface area contributed by atoms with Crippen molar-refractivity contribution in [2.45, 2.75) is 13.8 Å². The second-order valence-electron chi connectivity index (χ2n) is 3.46. The molecule has 0 radical (unpaired) electrons. The molecule has 2 aromatic rings. The van der Waals surface area contributed by atoms with Crippen molar-refractivity contribution in [3.05, 3.63) is 53.9 Å². The van der Waals surface area contributed by atoms with Crippen molar-refractivity contribution in [3.63, 3.8) is 0 Å². The van der Waals surface area contributed by atoms with Crippen LogP contribution >= 0.6 is 0 Å². The molecule has 0 fully saturated rings. The van der Waals surface area contributed by atoms with Gasteiger partial charge in [0, 0.05) is 5.69 Å². The third kappa shape index (κ3) is 1.99. The minimum atomic E-state index is 0.999. The van der Waals surface area contributed by atoms with Crippen molar-refractivity contribution >= 4 is 6.08 Å². The molecule has 2 rings (SSSR count). The van der Waals surface area contributed by atoms with E-state index in [2.05, 4.69) is 30.2 Å². The molecule has 0 spiro atoms. The van der Waals surface area contributed by atoms with Crippen molar-refractivity contribution in [1.82, 2.24) is 9.78 Å². The number of benzene rings is 1. The molecule has 0 atom stereocenters. The Labute approximate surface area is 89.9 Å². The van der Waals surface area contributed by atoms with Gasteiger partial charge in [-0.15, -0.1) is 0 Å². The summed E-state index contributed by atoms with van der Waals surface area (Å²) in [6, 6.07) is 12.2. The molecule has 76 valence electrons. The lowest BCUT2D eigenvalue weighted by Crippen LogP contribution is -1.97. The van der Waals surface area contributed by atoms with Gasteiger partial charge < -0.3 is 0 Å². The van der Waals surface area contributed by atoms with Gasteiger partial charge in [0.2, 0.25) is 0 Å².